The van der Waals surface area contributed by atoms with Crippen LogP contribution in [0.3, 0.4) is 0 Å². The molecule has 2 aliphatic rings. The van der Waals surface area contributed by atoms with Crippen molar-refractivity contribution in [2.75, 3.05) is 37.4 Å². The van der Waals surface area contributed by atoms with E-state index in [0.29, 0.717) is 55.3 Å². The molecule has 5 N–H and O–H groups in total. The summed E-state index contributed by atoms with van der Waals surface area (Å²) in [6, 6.07) is 4.95. The van der Waals surface area contributed by atoms with Crippen LogP contribution >= 0.6 is 11.3 Å². The predicted octanol–water partition coefficient (Wildman–Crippen LogP) is 2.58. The molecule has 0 aromatic carbocycles. The molecule has 3 aromatic heterocycles. The Kier molecular flexibility index (Phi) is 7.30. The van der Waals surface area contributed by atoms with Crippen LogP contribution in [-0.4, -0.2) is 67.0 Å². The molecule has 1 amide bonds. The van der Waals surface area contributed by atoms with E-state index in [4.69, 9.17) is 20.9 Å². The van der Waals surface area contributed by atoms with Crippen LogP contribution < -0.4 is 21.7 Å². The highest BCUT2D eigenvalue weighted by Crippen LogP contribution is 2.33. The molecule has 1 aliphatic heterocycles. The van der Waals surface area contributed by atoms with E-state index in [9.17, 15) is 4.79 Å². The van der Waals surface area contributed by atoms with E-state index in [1.807, 2.05) is 30.9 Å². The standard InChI is InChI=1S/C26H33FN6O3S/c1-13-4-6-17-22(29)23(37-26(17)30-13)25(34)31-16-5-7-20-15(8-16)9-18(27)24(32-20)33-10-19(28)21(11-33)36-14(2)12-35-3/h4,6,9,14,16,19,21H,5,7-8,10-12,28-29H2,1-3H3,(H,31,34). The number of amides is 1. The van der Waals surface area contributed by atoms with Gasteiger partial charge in [0, 0.05) is 43.0 Å². The molecule has 1 fully saturated rings. The third kappa shape index (κ3) is 5.26. The molecule has 0 radical (unpaired) electrons. The first-order valence-corrected chi connectivity index (χ1v) is 13.3. The van der Waals surface area contributed by atoms with Gasteiger partial charge in [0.2, 0.25) is 0 Å². The van der Waals surface area contributed by atoms with Gasteiger partial charge < -0.3 is 31.2 Å². The normalized spacial score (nSPS) is 22.3. The summed E-state index contributed by atoms with van der Waals surface area (Å²) in [4.78, 5) is 25.3. The SMILES string of the molecule is COCC(C)OC1CN(c2nc3c(cc2F)CC(NC(=O)c2sc4nc(C)ccc4c2N)CC3)CC1N. The lowest BCUT2D eigenvalue weighted by atomic mass is 9.91. The quantitative estimate of drug-likeness (QED) is 0.427. The predicted molar refractivity (Wildman–Crippen MR) is 143 cm³/mol. The summed E-state index contributed by atoms with van der Waals surface area (Å²) in [6.45, 7) is 5.25. The smallest absolute Gasteiger partial charge is 0.263 e. The highest BCUT2D eigenvalue weighted by molar-refractivity contribution is 7.21. The number of hydrogen-bond donors (Lipinski definition) is 3. The maximum Gasteiger partial charge on any atom is 0.263 e. The summed E-state index contributed by atoms with van der Waals surface area (Å²) in [5, 5.41) is 3.87. The average molecular weight is 529 g/mol. The summed E-state index contributed by atoms with van der Waals surface area (Å²) in [7, 11) is 1.63. The molecule has 1 saturated heterocycles. The molecule has 198 valence electrons. The van der Waals surface area contributed by atoms with Crippen molar-refractivity contribution in [3.05, 3.63) is 45.8 Å². The number of halogens is 1. The van der Waals surface area contributed by atoms with Crippen LogP contribution in [0.5, 0.6) is 0 Å². The van der Waals surface area contributed by atoms with E-state index in [2.05, 4.69) is 15.3 Å². The van der Waals surface area contributed by atoms with E-state index < -0.39 is 5.82 Å². The minimum Gasteiger partial charge on any atom is -0.397 e. The molecule has 3 aromatic rings. The summed E-state index contributed by atoms with van der Waals surface area (Å²) in [5.41, 5.74) is 15.5. The third-order valence-electron chi connectivity index (χ3n) is 7.01. The minimum absolute atomic E-state index is 0.0993. The number of aryl methyl sites for hydroxylation is 2. The molecule has 4 heterocycles. The molecule has 0 bridgehead atoms. The second-order valence-electron chi connectivity index (χ2n) is 9.97. The zero-order valence-corrected chi connectivity index (χ0v) is 22.1. The summed E-state index contributed by atoms with van der Waals surface area (Å²) >= 11 is 1.29. The number of methoxy groups -OCH3 is 1. The van der Waals surface area contributed by atoms with Gasteiger partial charge >= 0.3 is 0 Å². The van der Waals surface area contributed by atoms with Crippen LogP contribution in [0.1, 0.15) is 40.0 Å². The van der Waals surface area contributed by atoms with Gasteiger partial charge in [0.25, 0.3) is 5.91 Å². The molecule has 11 heteroatoms. The van der Waals surface area contributed by atoms with Gasteiger partial charge in [0.05, 0.1) is 30.5 Å². The maximum atomic E-state index is 15.2. The maximum absolute atomic E-state index is 15.2. The van der Waals surface area contributed by atoms with Gasteiger partial charge in [-0.25, -0.2) is 14.4 Å². The number of aromatic nitrogens is 2. The summed E-state index contributed by atoms with van der Waals surface area (Å²) in [6.07, 6.45) is 1.53. The summed E-state index contributed by atoms with van der Waals surface area (Å²) < 4.78 is 26.3. The lowest BCUT2D eigenvalue weighted by Crippen LogP contribution is -2.39. The second kappa shape index (κ2) is 10.5. The van der Waals surface area contributed by atoms with Crippen molar-refractivity contribution in [2.45, 2.75) is 57.4 Å². The number of anilines is 2. The highest BCUT2D eigenvalue weighted by atomic mass is 32.1. The van der Waals surface area contributed by atoms with Crippen molar-refractivity contribution in [2.24, 2.45) is 5.73 Å². The molecule has 37 heavy (non-hydrogen) atoms. The number of nitrogens with zero attached hydrogens (tertiary/aromatic N) is 3. The van der Waals surface area contributed by atoms with Crippen LogP contribution in [-0.2, 0) is 22.3 Å². The van der Waals surface area contributed by atoms with Crippen molar-refractivity contribution in [3.8, 4) is 0 Å². The fourth-order valence-electron chi connectivity index (χ4n) is 5.17. The molecule has 4 atom stereocenters. The number of carbonyl (C=O) groups excluding carboxylic acids is 1. The van der Waals surface area contributed by atoms with Gasteiger partial charge in [0.15, 0.2) is 11.6 Å². The van der Waals surface area contributed by atoms with E-state index >= 15 is 4.39 Å². The van der Waals surface area contributed by atoms with Crippen molar-refractivity contribution >= 4 is 39.0 Å². The third-order valence-corrected chi connectivity index (χ3v) is 8.13. The Hall–Kier alpha value is -2.86. The van der Waals surface area contributed by atoms with E-state index in [1.54, 1.807) is 13.2 Å². The van der Waals surface area contributed by atoms with Crippen molar-refractivity contribution in [3.63, 3.8) is 0 Å². The Bertz CT molecular complexity index is 1320. The lowest BCUT2D eigenvalue weighted by molar-refractivity contribution is -0.0348. The number of nitrogens with two attached hydrogens (primary N) is 2. The molecule has 0 spiro atoms. The van der Waals surface area contributed by atoms with Crippen molar-refractivity contribution in [1.82, 2.24) is 15.3 Å². The number of thiophene rings is 1. The molecule has 1 aliphatic carbocycles. The van der Waals surface area contributed by atoms with Crippen molar-refractivity contribution < 1.29 is 18.7 Å². The van der Waals surface area contributed by atoms with Crippen LogP contribution in [0.4, 0.5) is 15.9 Å². The van der Waals surface area contributed by atoms with E-state index in [0.717, 1.165) is 27.2 Å². The molecular weight excluding hydrogens is 495 g/mol. The Labute approximate surface area is 219 Å². The van der Waals surface area contributed by atoms with Crippen molar-refractivity contribution in [1.29, 1.82) is 0 Å². The number of carbonyl (C=O) groups is 1. The highest BCUT2D eigenvalue weighted by Gasteiger charge is 2.35. The lowest BCUT2D eigenvalue weighted by Gasteiger charge is -2.27. The number of rotatable bonds is 7. The minimum atomic E-state index is -0.390. The zero-order valence-electron chi connectivity index (χ0n) is 21.3. The van der Waals surface area contributed by atoms with E-state index in [1.165, 1.54) is 11.3 Å². The molecule has 5 rings (SSSR count). The molecule has 9 nitrogen and oxygen atoms in total. The monoisotopic (exact) mass is 528 g/mol. The van der Waals surface area contributed by atoms with Gasteiger partial charge in [-0.2, -0.15) is 0 Å². The number of hydrogen-bond acceptors (Lipinski definition) is 9. The number of fused-ring (bicyclic) bond motifs is 2. The van der Waals surface area contributed by atoms with Gasteiger partial charge in [-0.3, -0.25) is 4.79 Å². The first-order chi connectivity index (χ1) is 17.7. The average Bonchev–Trinajstić information content (AvgIpc) is 3.37. The fourth-order valence-corrected chi connectivity index (χ4v) is 6.21. The number of nitrogens with one attached hydrogen (secondary N) is 1. The summed E-state index contributed by atoms with van der Waals surface area (Å²) in [5.74, 6) is -0.307. The van der Waals surface area contributed by atoms with E-state index in [-0.39, 0.29) is 30.2 Å². The Morgan fingerprint density at radius 1 is 1.35 bits per heavy atom. The number of ether oxygens (including phenoxy) is 2. The van der Waals surface area contributed by atoms with Gasteiger partial charge in [0.1, 0.15) is 9.71 Å². The first-order valence-electron chi connectivity index (χ1n) is 12.5. The Morgan fingerprint density at radius 3 is 2.95 bits per heavy atom. The van der Waals surface area contributed by atoms with Crippen LogP contribution in [0.25, 0.3) is 10.2 Å². The Morgan fingerprint density at radius 2 is 2.16 bits per heavy atom. The first kappa shape index (κ1) is 25.8. The van der Waals surface area contributed by atoms with Gasteiger partial charge in [-0.1, -0.05) is 0 Å². The zero-order chi connectivity index (χ0) is 26.3. The molecular formula is C26H33FN6O3S. The molecule has 0 saturated carbocycles. The molecule has 4 unspecified atom stereocenters. The fraction of sp³-hybridized carbons (Fsp3) is 0.500. The number of pyridine rings is 2. The second-order valence-corrected chi connectivity index (χ2v) is 11.0. The van der Waals surface area contributed by atoms with Crippen LogP contribution in [0.15, 0.2) is 18.2 Å². The largest absolute Gasteiger partial charge is 0.397 e. The van der Waals surface area contributed by atoms with Crippen LogP contribution in [0.2, 0.25) is 0 Å². The number of nitrogen functional groups attached to an aromatic ring is 1. The topological polar surface area (TPSA) is 129 Å². The van der Waals surface area contributed by atoms with Gasteiger partial charge in [-0.15, -0.1) is 11.3 Å². The Balaban J connectivity index is 1.26. The van der Waals surface area contributed by atoms with Gasteiger partial charge in [-0.05, 0) is 56.9 Å². The van der Waals surface area contributed by atoms with Crippen LogP contribution in [0, 0.1) is 12.7 Å².